The highest BCUT2D eigenvalue weighted by atomic mass is 32.2. The van der Waals surface area contributed by atoms with E-state index in [0.717, 1.165) is 0 Å². The van der Waals surface area contributed by atoms with Gasteiger partial charge in [-0.15, -0.1) is 11.8 Å². The minimum absolute atomic E-state index is 1.21. The molecule has 0 N–H and O–H groups in total. The lowest BCUT2D eigenvalue weighted by Crippen LogP contribution is -2.07. The number of rotatable bonds is 1. The fourth-order valence-corrected chi connectivity index (χ4v) is 4.00. The zero-order chi connectivity index (χ0) is 13.5. The molecule has 2 aliphatic carbocycles. The number of benzene rings is 2. The van der Waals surface area contributed by atoms with Gasteiger partial charge in [0.05, 0.1) is 0 Å². The third-order valence-electron chi connectivity index (χ3n) is 4.58. The number of fused-ring (bicyclic) bond motifs is 4. The molecule has 0 atom stereocenters. The van der Waals surface area contributed by atoms with Gasteiger partial charge in [0.1, 0.15) is 0 Å². The van der Waals surface area contributed by atoms with Gasteiger partial charge < -0.3 is 0 Å². The van der Waals surface area contributed by atoms with E-state index < -0.39 is 0 Å². The van der Waals surface area contributed by atoms with E-state index in [-0.39, 0.29) is 0 Å². The fourth-order valence-electron chi connectivity index (χ4n) is 3.55. The van der Waals surface area contributed by atoms with Crippen molar-refractivity contribution < 1.29 is 0 Å². The molecular weight excluding hydrogens is 260 g/mol. The predicted molar refractivity (Wildman–Crippen MR) is 89.3 cm³/mol. The SMILES string of the molecule is CSc1ccc2c3c(ccc2c1)C1=C(CCC=C1)CC3. The molecule has 0 bridgehead atoms. The van der Waals surface area contributed by atoms with Crippen molar-refractivity contribution in [1.82, 2.24) is 0 Å². The Morgan fingerprint density at radius 1 is 1.00 bits per heavy atom. The summed E-state index contributed by atoms with van der Waals surface area (Å²) in [6.07, 6.45) is 11.7. The molecular formula is C19H18S. The average Bonchev–Trinajstić information content (AvgIpc) is 2.53. The lowest BCUT2D eigenvalue weighted by atomic mass is 9.79. The van der Waals surface area contributed by atoms with Crippen LogP contribution in [0.15, 0.2) is 53.0 Å². The molecule has 100 valence electrons. The first-order valence-electron chi connectivity index (χ1n) is 7.35. The number of thioether (sulfide) groups is 1. The third kappa shape index (κ3) is 1.84. The molecule has 4 rings (SSSR count). The van der Waals surface area contributed by atoms with Crippen molar-refractivity contribution >= 4 is 28.1 Å². The molecule has 0 unspecified atom stereocenters. The van der Waals surface area contributed by atoms with Gasteiger partial charge in [-0.3, -0.25) is 0 Å². The van der Waals surface area contributed by atoms with Crippen LogP contribution in [0, 0.1) is 0 Å². The minimum atomic E-state index is 1.21. The summed E-state index contributed by atoms with van der Waals surface area (Å²) in [5, 5.41) is 2.84. The highest BCUT2D eigenvalue weighted by Gasteiger charge is 2.20. The van der Waals surface area contributed by atoms with Crippen LogP contribution in [0.4, 0.5) is 0 Å². The minimum Gasteiger partial charge on any atom is -0.130 e. The molecule has 2 aromatic carbocycles. The van der Waals surface area contributed by atoms with E-state index in [1.807, 2.05) is 11.8 Å². The van der Waals surface area contributed by atoms with Crippen LogP contribution >= 0.6 is 11.8 Å². The Bertz CT molecular complexity index is 750. The molecule has 0 saturated heterocycles. The summed E-state index contributed by atoms with van der Waals surface area (Å²) < 4.78 is 0. The molecule has 2 aliphatic rings. The molecule has 2 aromatic rings. The van der Waals surface area contributed by atoms with E-state index in [1.165, 1.54) is 52.5 Å². The van der Waals surface area contributed by atoms with Crippen molar-refractivity contribution in [1.29, 1.82) is 0 Å². The largest absolute Gasteiger partial charge is 0.130 e. The molecule has 0 aliphatic heterocycles. The van der Waals surface area contributed by atoms with Crippen molar-refractivity contribution in [2.24, 2.45) is 0 Å². The third-order valence-corrected chi connectivity index (χ3v) is 5.31. The summed E-state index contributed by atoms with van der Waals surface area (Å²) in [6, 6.07) is 11.5. The van der Waals surface area contributed by atoms with Crippen LogP contribution in [-0.2, 0) is 6.42 Å². The van der Waals surface area contributed by atoms with Crippen molar-refractivity contribution in [3.8, 4) is 0 Å². The number of aryl methyl sites for hydroxylation is 1. The topological polar surface area (TPSA) is 0 Å². The Kier molecular flexibility index (Phi) is 2.96. The molecule has 20 heavy (non-hydrogen) atoms. The van der Waals surface area contributed by atoms with E-state index in [4.69, 9.17) is 0 Å². The normalized spacial score (nSPS) is 17.2. The summed E-state index contributed by atoms with van der Waals surface area (Å²) in [4.78, 5) is 1.35. The Labute approximate surface area is 124 Å². The Hall–Kier alpha value is -1.47. The maximum Gasteiger partial charge on any atom is 0.00755 e. The number of allylic oxidation sites excluding steroid dienone is 4. The van der Waals surface area contributed by atoms with Crippen LogP contribution in [0.5, 0.6) is 0 Å². The van der Waals surface area contributed by atoms with Gasteiger partial charge in [0, 0.05) is 4.90 Å². The van der Waals surface area contributed by atoms with Crippen LogP contribution < -0.4 is 0 Å². The van der Waals surface area contributed by atoms with Gasteiger partial charge in [-0.2, -0.15) is 0 Å². The van der Waals surface area contributed by atoms with Crippen molar-refractivity contribution in [2.75, 3.05) is 6.26 Å². The van der Waals surface area contributed by atoms with Gasteiger partial charge in [0.2, 0.25) is 0 Å². The van der Waals surface area contributed by atoms with Crippen LogP contribution in [0.2, 0.25) is 0 Å². The van der Waals surface area contributed by atoms with E-state index in [0.29, 0.717) is 0 Å². The highest BCUT2D eigenvalue weighted by molar-refractivity contribution is 7.98. The lowest BCUT2D eigenvalue weighted by Gasteiger charge is -2.25. The molecule has 1 heteroatoms. The van der Waals surface area contributed by atoms with E-state index in [9.17, 15) is 0 Å². The first kappa shape index (κ1) is 12.3. The smallest absolute Gasteiger partial charge is 0.00755 e. The second-order valence-corrected chi connectivity index (χ2v) is 6.52. The van der Waals surface area contributed by atoms with Crippen molar-refractivity contribution in [3.63, 3.8) is 0 Å². The van der Waals surface area contributed by atoms with E-state index >= 15 is 0 Å². The fraction of sp³-hybridized carbons (Fsp3) is 0.263. The van der Waals surface area contributed by atoms with Gasteiger partial charge in [-0.25, -0.2) is 0 Å². The van der Waals surface area contributed by atoms with Crippen LogP contribution in [0.3, 0.4) is 0 Å². The molecule has 0 amide bonds. The lowest BCUT2D eigenvalue weighted by molar-refractivity contribution is 0.831. The molecule has 0 spiro atoms. The molecule has 0 saturated carbocycles. The van der Waals surface area contributed by atoms with Gasteiger partial charge in [0.15, 0.2) is 0 Å². The summed E-state index contributed by atoms with van der Waals surface area (Å²) in [5.74, 6) is 0. The van der Waals surface area contributed by atoms with E-state index in [2.05, 4.69) is 48.7 Å². The maximum absolute atomic E-state index is 2.35. The van der Waals surface area contributed by atoms with Gasteiger partial charge in [-0.1, -0.05) is 35.9 Å². The number of hydrogen-bond acceptors (Lipinski definition) is 1. The Morgan fingerprint density at radius 3 is 2.85 bits per heavy atom. The first-order valence-corrected chi connectivity index (χ1v) is 8.58. The number of hydrogen-bond donors (Lipinski definition) is 0. The standard InChI is InChI=1S/C19H18S/c1-20-15-8-11-17-14(12-15)7-10-18-16-5-3-2-4-13(16)6-9-19(17)18/h3,5,7-8,10-12H,2,4,6,9H2,1H3. The Balaban J connectivity index is 1.95. The molecule has 0 aromatic heterocycles. The van der Waals surface area contributed by atoms with Gasteiger partial charge in [-0.05, 0) is 71.5 Å². The monoisotopic (exact) mass is 278 g/mol. The van der Waals surface area contributed by atoms with Gasteiger partial charge in [0.25, 0.3) is 0 Å². The zero-order valence-electron chi connectivity index (χ0n) is 11.8. The van der Waals surface area contributed by atoms with Crippen LogP contribution in [0.25, 0.3) is 16.3 Å². The Morgan fingerprint density at radius 2 is 1.95 bits per heavy atom. The van der Waals surface area contributed by atoms with Gasteiger partial charge >= 0.3 is 0 Å². The molecule has 0 heterocycles. The van der Waals surface area contributed by atoms with Crippen molar-refractivity contribution in [2.45, 2.75) is 30.6 Å². The van der Waals surface area contributed by atoms with Crippen LogP contribution in [-0.4, -0.2) is 6.26 Å². The first-order chi connectivity index (χ1) is 9.86. The second-order valence-electron chi connectivity index (χ2n) is 5.64. The summed E-state index contributed by atoms with van der Waals surface area (Å²) in [5.41, 5.74) is 6.21. The quantitative estimate of drug-likeness (QED) is 0.611. The summed E-state index contributed by atoms with van der Waals surface area (Å²) in [6.45, 7) is 0. The highest BCUT2D eigenvalue weighted by Crippen LogP contribution is 2.40. The van der Waals surface area contributed by atoms with Crippen molar-refractivity contribution in [3.05, 3.63) is 59.2 Å². The second kappa shape index (κ2) is 4.82. The van der Waals surface area contributed by atoms with E-state index in [1.54, 1.807) is 11.1 Å². The average molecular weight is 278 g/mol. The maximum atomic E-state index is 2.35. The summed E-state index contributed by atoms with van der Waals surface area (Å²) in [7, 11) is 0. The molecule has 0 fully saturated rings. The summed E-state index contributed by atoms with van der Waals surface area (Å²) >= 11 is 1.82. The molecule has 0 radical (unpaired) electrons. The molecule has 0 nitrogen and oxygen atoms in total. The zero-order valence-corrected chi connectivity index (χ0v) is 12.6. The predicted octanol–water partition coefficient (Wildman–Crippen LogP) is 5.61. The van der Waals surface area contributed by atoms with Crippen LogP contribution in [0.1, 0.15) is 30.4 Å².